The summed E-state index contributed by atoms with van der Waals surface area (Å²) in [5.41, 5.74) is 1.05. The number of benzene rings is 4. The Hall–Kier alpha value is -4.88. The molecule has 8 heteroatoms. The molecule has 3 aliphatic rings. The summed E-state index contributed by atoms with van der Waals surface area (Å²) in [7, 11) is 0. The molecule has 1 fully saturated rings. The molecular formula is C33H21ClN2O5. The highest BCUT2D eigenvalue weighted by Crippen LogP contribution is 2.61. The first-order valence-corrected chi connectivity index (χ1v) is 13.5. The van der Waals surface area contributed by atoms with Crippen molar-refractivity contribution >= 4 is 46.4 Å². The van der Waals surface area contributed by atoms with Gasteiger partial charge in [0.1, 0.15) is 11.5 Å². The van der Waals surface area contributed by atoms with Gasteiger partial charge in [-0.25, -0.2) is 0 Å². The summed E-state index contributed by atoms with van der Waals surface area (Å²) in [4.78, 5) is 56.7. The number of nitro groups is 1. The summed E-state index contributed by atoms with van der Waals surface area (Å²) in [5.74, 6) is -2.02. The van der Waals surface area contributed by atoms with Crippen molar-refractivity contribution in [3.63, 3.8) is 0 Å². The Morgan fingerprint density at radius 3 is 2.20 bits per heavy atom. The number of hydrogen-bond acceptors (Lipinski definition) is 6. The lowest BCUT2D eigenvalue weighted by atomic mass is 9.64. The summed E-state index contributed by atoms with van der Waals surface area (Å²) in [6, 6.07) is 24.9. The molecule has 0 N–H and O–H groups in total. The zero-order valence-corrected chi connectivity index (χ0v) is 22.2. The second kappa shape index (κ2) is 9.08. The molecule has 4 aromatic carbocycles. The van der Waals surface area contributed by atoms with Crippen molar-refractivity contribution in [1.82, 2.24) is 0 Å². The first-order valence-electron chi connectivity index (χ1n) is 13.1. The summed E-state index contributed by atoms with van der Waals surface area (Å²) >= 11 is 6.24. The minimum absolute atomic E-state index is 0.126. The molecule has 41 heavy (non-hydrogen) atoms. The Balaban J connectivity index is 1.54. The number of anilines is 1. The summed E-state index contributed by atoms with van der Waals surface area (Å²) < 4.78 is 0. The number of rotatable bonds is 4. The number of carbonyl (C=O) groups is 3. The largest absolute Gasteiger partial charge is 0.352 e. The van der Waals surface area contributed by atoms with Crippen molar-refractivity contribution in [2.24, 2.45) is 5.41 Å². The van der Waals surface area contributed by atoms with Crippen LogP contribution >= 0.6 is 11.6 Å². The summed E-state index contributed by atoms with van der Waals surface area (Å²) in [6.45, 7) is 0. The van der Waals surface area contributed by atoms with E-state index in [0.29, 0.717) is 27.4 Å². The molecule has 7 nitrogen and oxygen atoms in total. The number of Topliss-reactive ketones (excluding diaryl/α,β-unsaturated/α-hetero) is 3. The molecule has 4 aromatic rings. The Morgan fingerprint density at radius 1 is 0.854 bits per heavy atom. The predicted octanol–water partition coefficient (Wildman–Crippen LogP) is 6.56. The lowest BCUT2D eigenvalue weighted by Crippen LogP contribution is -2.48. The van der Waals surface area contributed by atoms with Gasteiger partial charge in [0.25, 0.3) is 5.69 Å². The molecule has 1 saturated heterocycles. The van der Waals surface area contributed by atoms with Gasteiger partial charge < -0.3 is 4.90 Å². The molecule has 2 heterocycles. The van der Waals surface area contributed by atoms with Crippen molar-refractivity contribution in [2.45, 2.75) is 18.0 Å². The van der Waals surface area contributed by atoms with E-state index in [1.165, 1.54) is 24.3 Å². The zero-order valence-electron chi connectivity index (χ0n) is 21.4. The van der Waals surface area contributed by atoms with E-state index in [4.69, 9.17) is 11.6 Å². The standard InChI is InChI=1S/C33H21ClN2O5/c34-22-15-12-20(13-16-22)28-29(30(37)21-7-5-8-23(18-21)36(40)41)35-26-11-4-1-6-19(26)14-17-27(35)33(28)31(38)24-9-2-3-10-25(24)32(33)39/h1-18,27-29H/t27-,28+,29+/m1/s1. The summed E-state index contributed by atoms with van der Waals surface area (Å²) in [6.07, 6.45) is 3.73. The number of halogens is 1. The van der Waals surface area contributed by atoms with Gasteiger partial charge in [-0.3, -0.25) is 24.5 Å². The second-order valence-corrected chi connectivity index (χ2v) is 10.9. The number of hydrogen-bond donors (Lipinski definition) is 0. The number of carbonyl (C=O) groups excluding carboxylic acids is 3. The van der Waals surface area contributed by atoms with Crippen molar-refractivity contribution in [2.75, 3.05) is 4.90 Å². The van der Waals surface area contributed by atoms with Crippen molar-refractivity contribution in [3.05, 3.63) is 146 Å². The van der Waals surface area contributed by atoms with Crippen LogP contribution in [-0.2, 0) is 0 Å². The number of ketones is 3. The van der Waals surface area contributed by atoms with Gasteiger partial charge in [-0.1, -0.05) is 90.5 Å². The average molecular weight is 561 g/mol. The molecule has 3 atom stereocenters. The highest BCUT2D eigenvalue weighted by Gasteiger charge is 2.71. The third-order valence-electron chi connectivity index (χ3n) is 8.55. The molecule has 0 amide bonds. The van der Waals surface area contributed by atoms with Gasteiger partial charge in [0.05, 0.1) is 11.0 Å². The minimum Gasteiger partial charge on any atom is -0.352 e. The highest BCUT2D eigenvalue weighted by molar-refractivity contribution is 6.32. The molecule has 0 unspecified atom stereocenters. The van der Waals surface area contributed by atoms with Crippen LogP contribution in [0.1, 0.15) is 48.1 Å². The molecule has 0 aromatic heterocycles. The minimum atomic E-state index is -1.65. The van der Waals surface area contributed by atoms with Gasteiger partial charge in [-0.05, 0) is 29.3 Å². The van der Waals surface area contributed by atoms with Gasteiger partial charge in [-0.15, -0.1) is 0 Å². The van der Waals surface area contributed by atoms with E-state index in [0.717, 1.165) is 5.56 Å². The number of non-ortho nitro benzene ring substituents is 1. The lowest BCUT2D eigenvalue weighted by Gasteiger charge is -2.37. The van der Waals surface area contributed by atoms with Crippen LogP contribution in [-0.4, -0.2) is 34.4 Å². The van der Waals surface area contributed by atoms with Crippen LogP contribution in [0, 0.1) is 15.5 Å². The maximum atomic E-state index is 14.6. The Morgan fingerprint density at radius 2 is 1.51 bits per heavy atom. The third kappa shape index (κ3) is 3.42. The summed E-state index contributed by atoms with van der Waals surface area (Å²) in [5, 5.41) is 12.1. The van der Waals surface area contributed by atoms with E-state index < -0.39 is 34.1 Å². The van der Waals surface area contributed by atoms with Crippen LogP contribution in [0.15, 0.2) is 103 Å². The highest BCUT2D eigenvalue weighted by atomic mass is 35.5. The fourth-order valence-corrected chi connectivity index (χ4v) is 7.03. The number of nitrogens with zero attached hydrogens (tertiary/aromatic N) is 2. The van der Waals surface area contributed by atoms with Crippen molar-refractivity contribution in [3.8, 4) is 0 Å². The van der Waals surface area contributed by atoms with Crippen molar-refractivity contribution in [1.29, 1.82) is 0 Å². The van der Waals surface area contributed by atoms with Crippen LogP contribution in [0.5, 0.6) is 0 Å². The Labute approximate surface area is 239 Å². The van der Waals surface area contributed by atoms with E-state index in [1.807, 2.05) is 41.3 Å². The number of para-hydroxylation sites is 1. The molecular weight excluding hydrogens is 540 g/mol. The molecule has 200 valence electrons. The topological polar surface area (TPSA) is 97.6 Å². The van der Waals surface area contributed by atoms with E-state index in [9.17, 15) is 24.5 Å². The van der Waals surface area contributed by atoms with Gasteiger partial charge in [0.2, 0.25) is 0 Å². The quantitative estimate of drug-likeness (QED) is 0.121. The van der Waals surface area contributed by atoms with E-state index in [1.54, 1.807) is 48.5 Å². The van der Waals surface area contributed by atoms with Crippen LogP contribution in [0.4, 0.5) is 11.4 Å². The van der Waals surface area contributed by atoms with Crippen molar-refractivity contribution < 1.29 is 19.3 Å². The third-order valence-corrected chi connectivity index (χ3v) is 8.80. The molecule has 0 radical (unpaired) electrons. The monoisotopic (exact) mass is 560 g/mol. The van der Waals surface area contributed by atoms with Gasteiger partial charge in [-0.2, -0.15) is 0 Å². The Kier molecular flexibility index (Phi) is 5.56. The molecule has 2 aliphatic heterocycles. The number of nitro benzene ring substituents is 1. The smallest absolute Gasteiger partial charge is 0.270 e. The maximum absolute atomic E-state index is 14.6. The normalized spacial score (nSPS) is 21.5. The fourth-order valence-electron chi connectivity index (χ4n) is 6.90. The zero-order chi connectivity index (χ0) is 28.5. The van der Waals surface area contributed by atoms with Crippen LogP contribution in [0.3, 0.4) is 0 Å². The lowest BCUT2D eigenvalue weighted by molar-refractivity contribution is -0.384. The van der Waals surface area contributed by atoms with E-state index >= 15 is 0 Å². The van der Waals surface area contributed by atoms with Crippen LogP contribution in [0.25, 0.3) is 6.08 Å². The van der Waals surface area contributed by atoms with Gasteiger partial charge >= 0.3 is 0 Å². The molecule has 1 aliphatic carbocycles. The predicted molar refractivity (Wildman–Crippen MR) is 155 cm³/mol. The van der Waals surface area contributed by atoms with Gasteiger partial charge in [0.15, 0.2) is 17.3 Å². The first kappa shape index (κ1) is 25.1. The molecule has 1 spiro atoms. The van der Waals surface area contributed by atoms with Crippen LogP contribution in [0.2, 0.25) is 5.02 Å². The van der Waals surface area contributed by atoms with E-state index in [2.05, 4.69) is 0 Å². The van der Waals surface area contributed by atoms with Gasteiger partial charge in [0, 0.05) is 45.5 Å². The second-order valence-electron chi connectivity index (χ2n) is 10.5. The first-order chi connectivity index (χ1) is 19.8. The molecule has 7 rings (SSSR count). The van der Waals surface area contributed by atoms with Crippen LogP contribution < -0.4 is 4.90 Å². The SMILES string of the molecule is O=C(c1cccc([N+](=O)[O-])c1)[C@@H]1[C@H](c2ccc(Cl)cc2)C2(C(=O)c3ccccc3C2=O)[C@H]2C=Cc3ccccc3N12. The molecule has 0 saturated carbocycles. The maximum Gasteiger partial charge on any atom is 0.270 e. The Bertz CT molecular complexity index is 1790. The fraction of sp³-hybridized carbons (Fsp3) is 0.121. The number of fused-ring (bicyclic) bond motifs is 5. The average Bonchev–Trinajstić information content (AvgIpc) is 3.43. The molecule has 0 bridgehead atoms. The van der Waals surface area contributed by atoms with E-state index in [-0.39, 0.29) is 22.8 Å².